The molecule has 2 rings (SSSR count). The Labute approximate surface area is 120 Å². The van der Waals surface area contributed by atoms with E-state index in [2.05, 4.69) is 13.8 Å². The fourth-order valence-electron chi connectivity index (χ4n) is 3.01. The fourth-order valence-corrected chi connectivity index (χ4v) is 3.01. The van der Waals surface area contributed by atoms with Crippen LogP contribution in [-0.4, -0.2) is 16.9 Å². The third-order valence-corrected chi connectivity index (χ3v) is 5.25. The molecule has 0 atom stereocenters. The van der Waals surface area contributed by atoms with Gasteiger partial charge >= 0.3 is 5.97 Å². The lowest BCUT2D eigenvalue weighted by Gasteiger charge is -2.46. The Morgan fingerprint density at radius 2 is 1.75 bits per heavy atom. The molecular weight excluding hydrogens is 252 g/mol. The highest BCUT2D eigenvalue weighted by Gasteiger charge is 2.48. The summed E-state index contributed by atoms with van der Waals surface area (Å²) >= 11 is 0. The highest BCUT2D eigenvalue weighted by Crippen LogP contribution is 2.49. The number of carbonyl (C=O) groups is 2. The maximum Gasteiger partial charge on any atom is 0.335 e. The first-order chi connectivity index (χ1) is 9.00. The van der Waals surface area contributed by atoms with Crippen LogP contribution in [0, 0.1) is 24.7 Å². The average Bonchev–Trinajstić information content (AvgIpc) is 2.30. The van der Waals surface area contributed by atoms with Crippen LogP contribution in [0.3, 0.4) is 0 Å². The third kappa shape index (κ3) is 1.80. The first kappa shape index (κ1) is 14.8. The molecule has 0 aliphatic heterocycles. The van der Waals surface area contributed by atoms with Crippen molar-refractivity contribution in [1.82, 2.24) is 0 Å². The van der Waals surface area contributed by atoms with Crippen LogP contribution < -0.4 is 0 Å². The van der Waals surface area contributed by atoms with Gasteiger partial charge in [-0.1, -0.05) is 27.7 Å². The number of carbonyl (C=O) groups excluding carboxylic acids is 1. The first-order valence-corrected chi connectivity index (χ1v) is 6.92. The van der Waals surface area contributed by atoms with E-state index in [9.17, 15) is 14.7 Å². The van der Waals surface area contributed by atoms with Crippen molar-refractivity contribution in [3.63, 3.8) is 0 Å². The van der Waals surface area contributed by atoms with Gasteiger partial charge in [0.15, 0.2) is 5.78 Å². The van der Waals surface area contributed by atoms with Crippen molar-refractivity contribution < 1.29 is 14.7 Å². The van der Waals surface area contributed by atoms with E-state index >= 15 is 0 Å². The summed E-state index contributed by atoms with van der Waals surface area (Å²) < 4.78 is 0. The average molecular weight is 274 g/mol. The van der Waals surface area contributed by atoms with Crippen LogP contribution in [0.1, 0.15) is 65.1 Å². The molecule has 0 fully saturated rings. The van der Waals surface area contributed by atoms with Crippen LogP contribution >= 0.6 is 0 Å². The molecule has 0 aromatic heterocycles. The zero-order valence-electron chi connectivity index (χ0n) is 13.0. The topological polar surface area (TPSA) is 54.4 Å². The molecule has 3 heteroatoms. The van der Waals surface area contributed by atoms with Gasteiger partial charge in [-0.25, -0.2) is 4.79 Å². The first-order valence-electron chi connectivity index (χ1n) is 6.92. The van der Waals surface area contributed by atoms with Crippen molar-refractivity contribution in [2.24, 2.45) is 10.8 Å². The molecule has 0 amide bonds. The molecule has 1 aromatic carbocycles. The maximum atomic E-state index is 12.9. The van der Waals surface area contributed by atoms with Gasteiger partial charge in [-0.2, -0.15) is 0 Å². The second kappa shape index (κ2) is 4.18. The Kier molecular flexibility index (Phi) is 3.08. The fraction of sp³-hybridized carbons (Fsp3) is 0.529. The van der Waals surface area contributed by atoms with E-state index in [4.69, 9.17) is 0 Å². The van der Waals surface area contributed by atoms with Gasteiger partial charge in [0.05, 0.1) is 5.56 Å². The molecule has 0 saturated carbocycles. The minimum absolute atomic E-state index is 0.0625. The van der Waals surface area contributed by atoms with Gasteiger partial charge in [0, 0.05) is 11.0 Å². The predicted octanol–water partition coefficient (Wildman–Crippen LogP) is 3.79. The van der Waals surface area contributed by atoms with E-state index in [1.807, 2.05) is 20.8 Å². The minimum atomic E-state index is -0.969. The number of carboxylic acid groups (broad SMARTS) is 1. The number of benzene rings is 1. The van der Waals surface area contributed by atoms with Crippen molar-refractivity contribution >= 4 is 11.8 Å². The Balaban J connectivity index is 2.82. The highest BCUT2D eigenvalue weighted by molar-refractivity contribution is 6.06. The monoisotopic (exact) mass is 274 g/mol. The van der Waals surface area contributed by atoms with E-state index in [-0.39, 0.29) is 16.8 Å². The summed E-state index contributed by atoms with van der Waals surface area (Å²) in [6.07, 6.45) is 0.799. The lowest BCUT2D eigenvalue weighted by Crippen LogP contribution is -2.46. The number of carboxylic acids is 1. The number of fused-ring (bicyclic) bond motifs is 1. The summed E-state index contributed by atoms with van der Waals surface area (Å²) in [4.78, 5) is 24.3. The number of aryl methyl sites for hydroxylation is 1. The molecule has 0 heterocycles. The van der Waals surface area contributed by atoms with Gasteiger partial charge in [0.25, 0.3) is 0 Å². The zero-order chi connectivity index (χ0) is 15.5. The van der Waals surface area contributed by atoms with Crippen molar-refractivity contribution in [1.29, 1.82) is 0 Å². The molecule has 1 aromatic rings. The molecule has 0 radical (unpaired) electrons. The van der Waals surface area contributed by atoms with Crippen LogP contribution in [0.5, 0.6) is 0 Å². The van der Waals surface area contributed by atoms with Crippen molar-refractivity contribution in [3.8, 4) is 0 Å². The van der Waals surface area contributed by atoms with Gasteiger partial charge in [0.1, 0.15) is 0 Å². The van der Waals surface area contributed by atoms with Crippen LogP contribution in [0.2, 0.25) is 0 Å². The van der Waals surface area contributed by atoms with Crippen LogP contribution in [-0.2, 0) is 6.42 Å². The highest BCUT2D eigenvalue weighted by atomic mass is 16.4. The predicted molar refractivity (Wildman–Crippen MR) is 78.5 cm³/mol. The summed E-state index contributed by atoms with van der Waals surface area (Å²) in [5, 5.41) is 9.30. The van der Waals surface area contributed by atoms with E-state index in [1.54, 1.807) is 13.0 Å². The Morgan fingerprint density at radius 3 is 2.25 bits per heavy atom. The largest absolute Gasteiger partial charge is 0.478 e. The van der Waals surface area contributed by atoms with Gasteiger partial charge in [0.2, 0.25) is 0 Å². The molecule has 0 saturated heterocycles. The van der Waals surface area contributed by atoms with Crippen LogP contribution in [0.25, 0.3) is 0 Å². The zero-order valence-corrected chi connectivity index (χ0v) is 13.0. The molecular formula is C17H22O3. The second-order valence-corrected chi connectivity index (χ2v) is 7.04. The Morgan fingerprint density at radius 1 is 1.20 bits per heavy atom. The Bertz CT molecular complexity index is 622. The van der Waals surface area contributed by atoms with Crippen molar-refractivity contribution in [3.05, 3.63) is 33.9 Å². The number of rotatable bonds is 1. The number of Topliss-reactive ketones (excluding diaryl/α,β-unsaturated/α-hetero) is 1. The summed E-state index contributed by atoms with van der Waals surface area (Å²) in [7, 11) is 0. The smallest absolute Gasteiger partial charge is 0.335 e. The van der Waals surface area contributed by atoms with Gasteiger partial charge in [-0.15, -0.1) is 0 Å². The number of aromatic carboxylic acids is 1. The van der Waals surface area contributed by atoms with Gasteiger partial charge < -0.3 is 5.11 Å². The third-order valence-electron chi connectivity index (χ3n) is 5.25. The van der Waals surface area contributed by atoms with Gasteiger partial charge in [-0.05, 0) is 48.4 Å². The molecule has 0 unspecified atom stereocenters. The number of ketones is 1. The second-order valence-electron chi connectivity index (χ2n) is 7.04. The summed E-state index contributed by atoms with van der Waals surface area (Å²) in [6.45, 7) is 11.8. The molecule has 1 N–H and O–H groups in total. The molecule has 3 nitrogen and oxygen atoms in total. The SMILES string of the molecule is Cc1cc(C(=O)O)c(C)c2c1CC(C)(C)C(C)(C)C2=O. The molecule has 20 heavy (non-hydrogen) atoms. The van der Waals surface area contributed by atoms with E-state index in [0.29, 0.717) is 11.1 Å². The van der Waals surface area contributed by atoms with Crippen LogP contribution in [0.4, 0.5) is 0 Å². The van der Waals surface area contributed by atoms with E-state index < -0.39 is 11.4 Å². The summed E-state index contributed by atoms with van der Waals surface area (Å²) in [6, 6.07) is 1.69. The van der Waals surface area contributed by atoms with Gasteiger partial charge in [-0.3, -0.25) is 4.79 Å². The lowest BCUT2D eigenvalue weighted by molar-refractivity contribution is 0.0530. The van der Waals surface area contributed by atoms with E-state index in [0.717, 1.165) is 17.5 Å². The summed E-state index contributed by atoms with van der Waals surface area (Å²) in [5.74, 6) is -0.906. The molecule has 1 aliphatic carbocycles. The standard InChI is InChI=1S/C17H22O3/c1-9-7-11(15(19)20)10(2)13-12(9)8-16(3,4)17(5,6)14(13)18/h7H,8H2,1-6H3,(H,19,20). The molecule has 0 bridgehead atoms. The van der Waals surface area contributed by atoms with Crippen LogP contribution in [0.15, 0.2) is 6.07 Å². The van der Waals surface area contributed by atoms with Crippen molar-refractivity contribution in [2.75, 3.05) is 0 Å². The lowest BCUT2D eigenvalue weighted by atomic mass is 9.56. The Hall–Kier alpha value is -1.64. The maximum absolute atomic E-state index is 12.9. The number of hydrogen-bond donors (Lipinski definition) is 1. The normalized spacial score (nSPS) is 19.6. The molecule has 1 aliphatic rings. The van der Waals surface area contributed by atoms with Crippen molar-refractivity contribution in [2.45, 2.75) is 48.0 Å². The number of hydrogen-bond acceptors (Lipinski definition) is 2. The minimum Gasteiger partial charge on any atom is -0.478 e. The molecule has 108 valence electrons. The summed E-state index contributed by atoms with van der Waals surface area (Å²) in [5.41, 5.74) is 2.76. The molecule has 0 spiro atoms. The quantitative estimate of drug-likeness (QED) is 0.847. The van der Waals surface area contributed by atoms with E-state index in [1.165, 1.54) is 0 Å².